The first-order valence-electron chi connectivity index (χ1n) is 8.59. The summed E-state index contributed by atoms with van der Waals surface area (Å²) in [6.07, 6.45) is 1.47. The zero-order valence-corrected chi connectivity index (χ0v) is 16.4. The molecule has 0 saturated carbocycles. The van der Waals surface area contributed by atoms with Crippen LogP contribution < -0.4 is 0 Å². The number of halogens is 1. The van der Waals surface area contributed by atoms with Crippen molar-refractivity contribution >= 4 is 57.0 Å². The van der Waals surface area contributed by atoms with Crippen LogP contribution in [0, 0.1) is 10.1 Å². The number of nitro groups is 1. The van der Waals surface area contributed by atoms with Gasteiger partial charge >= 0.3 is 0 Å². The summed E-state index contributed by atoms with van der Waals surface area (Å²) in [6, 6.07) is 17.9. The molecule has 29 heavy (non-hydrogen) atoms. The molecule has 1 fully saturated rings. The Morgan fingerprint density at radius 2 is 1.79 bits per heavy atom. The van der Waals surface area contributed by atoms with Crippen molar-refractivity contribution in [3.8, 4) is 0 Å². The van der Waals surface area contributed by atoms with Gasteiger partial charge in [0, 0.05) is 6.07 Å². The molecule has 1 heterocycles. The molecule has 0 radical (unpaired) electrons. The number of fused-ring (bicyclic) bond motifs is 1. The predicted molar refractivity (Wildman–Crippen MR) is 114 cm³/mol. The topological polar surface area (TPSA) is 80.5 Å². The first-order chi connectivity index (χ1) is 13.9. The molecule has 0 N–H and O–H groups in total. The number of hydrogen-bond acceptors (Lipinski definition) is 5. The number of thioether (sulfide) groups is 1. The van der Waals surface area contributed by atoms with E-state index in [1.165, 1.54) is 23.1 Å². The summed E-state index contributed by atoms with van der Waals surface area (Å²) in [4.78, 5) is 36.9. The van der Waals surface area contributed by atoms with Crippen LogP contribution in [-0.2, 0) is 11.3 Å². The first kappa shape index (κ1) is 19.2. The Bertz CT molecular complexity index is 1210. The summed E-state index contributed by atoms with van der Waals surface area (Å²) in [5, 5.41) is 12.8. The Morgan fingerprint density at radius 3 is 2.55 bits per heavy atom. The van der Waals surface area contributed by atoms with Crippen LogP contribution >= 0.6 is 23.4 Å². The van der Waals surface area contributed by atoms with Gasteiger partial charge in [-0.05, 0) is 51.9 Å². The maximum Gasteiger partial charge on any atom is 0.293 e. The maximum absolute atomic E-state index is 12.7. The van der Waals surface area contributed by atoms with Crippen molar-refractivity contribution in [2.45, 2.75) is 6.54 Å². The molecule has 0 bridgehead atoms. The molecule has 0 unspecified atom stereocenters. The first-order valence-corrected chi connectivity index (χ1v) is 9.79. The van der Waals surface area contributed by atoms with Crippen LogP contribution in [0.4, 0.5) is 10.5 Å². The number of amides is 2. The highest BCUT2D eigenvalue weighted by Crippen LogP contribution is 2.35. The van der Waals surface area contributed by atoms with Crippen LogP contribution in [0.3, 0.4) is 0 Å². The second-order valence-electron chi connectivity index (χ2n) is 6.42. The number of carbonyl (C=O) groups is 2. The van der Waals surface area contributed by atoms with E-state index < -0.39 is 10.8 Å². The van der Waals surface area contributed by atoms with E-state index in [0.29, 0.717) is 5.56 Å². The van der Waals surface area contributed by atoms with Crippen molar-refractivity contribution in [3.63, 3.8) is 0 Å². The molecule has 3 aromatic rings. The quantitative estimate of drug-likeness (QED) is 0.307. The van der Waals surface area contributed by atoms with Crippen molar-refractivity contribution < 1.29 is 14.5 Å². The van der Waals surface area contributed by atoms with Crippen LogP contribution in [-0.4, -0.2) is 21.0 Å². The Kier molecular flexibility index (Phi) is 5.08. The third kappa shape index (κ3) is 3.87. The van der Waals surface area contributed by atoms with Crippen molar-refractivity contribution in [2.75, 3.05) is 0 Å². The third-order valence-electron chi connectivity index (χ3n) is 4.49. The summed E-state index contributed by atoms with van der Waals surface area (Å²) in [5.41, 5.74) is 1.02. The molecule has 0 atom stereocenters. The maximum atomic E-state index is 12.7. The zero-order valence-electron chi connectivity index (χ0n) is 14.9. The predicted octanol–water partition coefficient (Wildman–Crippen LogP) is 5.64. The SMILES string of the molecule is O=C1S/C(=C\c2ccc(Cl)c([N+](=O)[O-])c2)C(=O)N1Cc1ccc2ccccc2c1. The number of imide groups is 1. The lowest BCUT2D eigenvalue weighted by Crippen LogP contribution is -2.27. The average Bonchev–Trinajstić information content (AvgIpc) is 2.96. The van der Waals surface area contributed by atoms with Crippen molar-refractivity contribution in [1.82, 2.24) is 4.90 Å². The monoisotopic (exact) mass is 424 g/mol. The molecule has 6 nitrogen and oxygen atoms in total. The average molecular weight is 425 g/mol. The van der Waals surface area contributed by atoms with Gasteiger partial charge < -0.3 is 0 Å². The van der Waals surface area contributed by atoms with E-state index in [1.54, 1.807) is 6.07 Å². The van der Waals surface area contributed by atoms with Gasteiger partial charge in [0.1, 0.15) is 5.02 Å². The second kappa shape index (κ2) is 7.69. The van der Waals surface area contributed by atoms with Crippen LogP contribution in [0.15, 0.2) is 65.6 Å². The Morgan fingerprint density at radius 1 is 1.03 bits per heavy atom. The Balaban J connectivity index is 1.59. The molecule has 1 saturated heterocycles. The van der Waals surface area contributed by atoms with E-state index in [0.717, 1.165) is 28.1 Å². The molecule has 0 spiro atoms. The van der Waals surface area contributed by atoms with Gasteiger partial charge in [-0.1, -0.05) is 54.1 Å². The molecule has 4 rings (SSSR count). The van der Waals surface area contributed by atoms with Crippen LogP contribution in [0.1, 0.15) is 11.1 Å². The van der Waals surface area contributed by atoms with E-state index in [4.69, 9.17) is 11.6 Å². The fourth-order valence-corrected chi connectivity index (χ4v) is 4.09. The van der Waals surface area contributed by atoms with E-state index in [-0.39, 0.29) is 27.4 Å². The van der Waals surface area contributed by atoms with E-state index in [9.17, 15) is 19.7 Å². The van der Waals surface area contributed by atoms with Gasteiger partial charge in [0.25, 0.3) is 16.8 Å². The molecule has 0 aromatic heterocycles. The number of hydrogen-bond donors (Lipinski definition) is 0. The smallest absolute Gasteiger partial charge is 0.268 e. The molecular weight excluding hydrogens is 412 g/mol. The summed E-state index contributed by atoms with van der Waals surface area (Å²) >= 11 is 6.63. The number of carbonyl (C=O) groups excluding carboxylic acids is 2. The highest BCUT2D eigenvalue weighted by atomic mass is 35.5. The third-order valence-corrected chi connectivity index (χ3v) is 5.72. The second-order valence-corrected chi connectivity index (χ2v) is 7.82. The standard InChI is InChI=1S/C21H13ClN2O4S/c22-17-8-6-13(10-18(17)24(27)28)11-19-20(25)23(21(26)29-19)12-14-5-7-15-3-1-2-4-16(15)9-14/h1-11H,12H2/b19-11-. The number of rotatable bonds is 4. The minimum absolute atomic E-state index is 0.0107. The number of benzene rings is 3. The largest absolute Gasteiger partial charge is 0.293 e. The molecular formula is C21H13ClN2O4S. The van der Waals surface area contributed by atoms with Crippen molar-refractivity contribution in [1.29, 1.82) is 0 Å². The lowest BCUT2D eigenvalue weighted by atomic mass is 10.1. The van der Waals surface area contributed by atoms with Crippen molar-refractivity contribution in [2.24, 2.45) is 0 Å². The summed E-state index contributed by atoms with van der Waals surface area (Å²) in [5.74, 6) is -0.425. The molecule has 1 aliphatic rings. The minimum Gasteiger partial charge on any atom is -0.268 e. The van der Waals surface area contributed by atoms with Gasteiger partial charge in [0.05, 0.1) is 16.4 Å². The van der Waals surface area contributed by atoms with E-state index in [2.05, 4.69) is 0 Å². The summed E-state index contributed by atoms with van der Waals surface area (Å²) < 4.78 is 0. The highest BCUT2D eigenvalue weighted by Gasteiger charge is 2.35. The number of nitro benzene ring substituents is 1. The summed E-state index contributed by atoms with van der Waals surface area (Å²) in [6.45, 7) is 0.160. The van der Waals surface area contributed by atoms with Gasteiger partial charge in [-0.25, -0.2) is 0 Å². The lowest BCUT2D eigenvalue weighted by molar-refractivity contribution is -0.384. The Labute approximate surface area is 174 Å². The van der Waals surface area contributed by atoms with E-state index >= 15 is 0 Å². The molecule has 8 heteroatoms. The zero-order chi connectivity index (χ0) is 20.5. The molecule has 2 amide bonds. The fourth-order valence-electron chi connectivity index (χ4n) is 3.07. The van der Waals surface area contributed by atoms with Gasteiger partial charge in [-0.15, -0.1) is 0 Å². The normalized spacial score (nSPS) is 15.5. The number of nitrogens with zero attached hydrogens (tertiary/aromatic N) is 2. The van der Waals surface area contributed by atoms with Gasteiger partial charge in [-0.2, -0.15) is 0 Å². The van der Waals surface area contributed by atoms with Gasteiger partial charge in [0.2, 0.25) is 0 Å². The molecule has 0 aliphatic carbocycles. The van der Waals surface area contributed by atoms with E-state index in [1.807, 2.05) is 42.5 Å². The highest BCUT2D eigenvalue weighted by molar-refractivity contribution is 8.18. The van der Waals surface area contributed by atoms with Gasteiger partial charge in [0.15, 0.2) is 0 Å². The van der Waals surface area contributed by atoms with Crippen LogP contribution in [0.2, 0.25) is 5.02 Å². The Hall–Kier alpha value is -3.16. The molecule has 144 valence electrons. The molecule has 1 aliphatic heterocycles. The fraction of sp³-hybridized carbons (Fsp3) is 0.0476. The minimum atomic E-state index is -0.592. The van der Waals surface area contributed by atoms with Crippen molar-refractivity contribution in [3.05, 3.63) is 91.8 Å². The summed E-state index contributed by atoms with van der Waals surface area (Å²) in [7, 11) is 0. The van der Waals surface area contributed by atoms with Crippen LogP contribution in [0.5, 0.6) is 0 Å². The molecule has 3 aromatic carbocycles. The van der Waals surface area contributed by atoms with Crippen LogP contribution in [0.25, 0.3) is 16.8 Å². The lowest BCUT2D eigenvalue weighted by Gasteiger charge is -2.13. The van der Waals surface area contributed by atoms with Gasteiger partial charge in [-0.3, -0.25) is 24.6 Å².